The largest absolute Gasteiger partial charge is 0.346 e. The van der Waals surface area contributed by atoms with E-state index in [1.165, 1.54) is 4.90 Å². The average Bonchev–Trinajstić information content (AvgIpc) is 3.19. The van der Waals surface area contributed by atoms with Crippen LogP contribution in [0.4, 0.5) is 5.69 Å². The molecule has 1 N–H and O–H groups in total. The van der Waals surface area contributed by atoms with E-state index in [-0.39, 0.29) is 30.3 Å². The van der Waals surface area contributed by atoms with Gasteiger partial charge in [0, 0.05) is 12.7 Å². The molecule has 2 aromatic rings. The number of carbonyl (C=O) groups is 3. The number of pyridine rings is 1. The van der Waals surface area contributed by atoms with Crippen LogP contribution in [0.2, 0.25) is 0 Å². The first-order valence-electron chi connectivity index (χ1n) is 9.89. The van der Waals surface area contributed by atoms with Crippen molar-refractivity contribution in [3.63, 3.8) is 0 Å². The van der Waals surface area contributed by atoms with Crippen LogP contribution in [0.5, 0.6) is 0 Å². The fourth-order valence-electron chi connectivity index (χ4n) is 4.08. The zero-order chi connectivity index (χ0) is 20.5. The SMILES string of the molecule is Cc1ccc2c(c1)C(=O)N1CCCC1C(=O)N2CC(=O)NC(C)c1ccccn1. The lowest BCUT2D eigenvalue weighted by Crippen LogP contribution is -2.48. The van der Waals surface area contributed by atoms with Crippen molar-refractivity contribution in [2.45, 2.75) is 38.8 Å². The molecule has 1 aromatic heterocycles. The summed E-state index contributed by atoms with van der Waals surface area (Å²) < 4.78 is 0. The smallest absolute Gasteiger partial charge is 0.256 e. The standard InChI is InChI=1S/C22H24N4O3/c1-14-8-9-18-16(12-14)21(28)25-11-5-7-19(25)22(29)26(18)13-20(27)24-15(2)17-6-3-4-10-23-17/h3-4,6,8-10,12,15,19H,5,7,11,13H2,1-2H3,(H,24,27). The number of fused-ring (bicyclic) bond motifs is 2. The van der Waals surface area contributed by atoms with E-state index < -0.39 is 6.04 Å². The minimum atomic E-state index is -0.504. The summed E-state index contributed by atoms with van der Waals surface area (Å²) in [5, 5.41) is 2.90. The summed E-state index contributed by atoms with van der Waals surface area (Å²) in [5.41, 5.74) is 2.67. The summed E-state index contributed by atoms with van der Waals surface area (Å²) in [6.07, 6.45) is 3.09. The number of benzene rings is 1. The first-order chi connectivity index (χ1) is 14.0. The van der Waals surface area contributed by atoms with Crippen molar-refractivity contribution in [2.75, 3.05) is 18.0 Å². The second-order valence-corrected chi connectivity index (χ2v) is 7.65. The maximum absolute atomic E-state index is 13.3. The number of carbonyl (C=O) groups excluding carboxylic acids is 3. The predicted molar refractivity (Wildman–Crippen MR) is 108 cm³/mol. The van der Waals surface area contributed by atoms with Crippen LogP contribution in [0.25, 0.3) is 0 Å². The monoisotopic (exact) mass is 392 g/mol. The van der Waals surface area contributed by atoms with Crippen molar-refractivity contribution in [1.82, 2.24) is 15.2 Å². The zero-order valence-corrected chi connectivity index (χ0v) is 16.6. The number of nitrogens with zero attached hydrogens (tertiary/aromatic N) is 3. The highest BCUT2D eigenvalue weighted by Gasteiger charge is 2.42. The molecule has 2 unspecified atom stereocenters. The first-order valence-corrected chi connectivity index (χ1v) is 9.89. The molecule has 0 spiro atoms. The number of hydrogen-bond acceptors (Lipinski definition) is 4. The van der Waals surface area contributed by atoms with Crippen LogP contribution in [-0.2, 0) is 9.59 Å². The van der Waals surface area contributed by atoms with Gasteiger partial charge in [-0.2, -0.15) is 0 Å². The molecule has 3 amide bonds. The third kappa shape index (κ3) is 3.60. The van der Waals surface area contributed by atoms with Gasteiger partial charge in [0.1, 0.15) is 12.6 Å². The molecule has 3 heterocycles. The quantitative estimate of drug-likeness (QED) is 0.865. The van der Waals surface area contributed by atoms with Gasteiger partial charge in [0.25, 0.3) is 5.91 Å². The molecule has 1 aromatic carbocycles. The average molecular weight is 392 g/mol. The Kier molecular flexibility index (Phi) is 5.05. The number of hydrogen-bond donors (Lipinski definition) is 1. The lowest BCUT2D eigenvalue weighted by atomic mass is 10.1. The van der Waals surface area contributed by atoms with Crippen molar-refractivity contribution in [3.05, 3.63) is 59.4 Å². The minimum absolute atomic E-state index is 0.135. The summed E-state index contributed by atoms with van der Waals surface area (Å²) in [4.78, 5) is 46.4. The van der Waals surface area contributed by atoms with E-state index in [2.05, 4.69) is 10.3 Å². The van der Waals surface area contributed by atoms with Crippen LogP contribution < -0.4 is 10.2 Å². The lowest BCUT2D eigenvalue weighted by molar-refractivity contribution is -0.126. The normalized spacial score (nSPS) is 19.4. The topological polar surface area (TPSA) is 82.6 Å². The fourth-order valence-corrected chi connectivity index (χ4v) is 4.08. The molecule has 2 atom stereocenters. The molecule has 7 heteroatoms. The predicted octanol–water partition coefficient (Wildman–Crippen LogP) is 2.22. The molecule has 150 valence electrons. The Balaban J connectivity index is 1.61. The summed E-state index contributed by atoms with van der Waals surface area (Å²) in [6.45, 7) is 4.19. The molecule has 2 aliphatic rings. The molecular formula is C22H24N4O3. The van der Waals surface area contributed by atoms with E-state index in [9.17, 15) is 14.4 Å². The van der Waals surface area contributed by atoms with Gasteiger partial charge in [-0.1, -0.05) is 17.7 Å². The van der Waals surface area contributed by atoms with Gasteiger partial charge < -0.3 is 15.1 Å². The molecule has 7 nitrogen and oxygen atoms in total. The molecule has 1 saturated heterocycles. The van der Waals surface area contributed by atoms with Gasteiger partial charge in [-0.3, -0.25) is 19.4 Å². The Bertz CT molecular complexity index is 960. The van der Waals surface area contributed by atoms with Crippen LogP contribution in [0.3, 0.4) is 0 Å². The Labute approximate surface area is 169 Å². The van der Waals surface area contributed by atoms with Gasteiger partial charge in [0.15, 0.2) is 0 Å². The molecular weight excluding hydrogens is 368 g/mol. The van der Waals surface area contributed by atoms with Crippen LogP contribution in [0.1, 0.15) is 47.4 Å². The third-order valence-corrected chi connectivity index (χ3v) is 5.55. The Hall–Kier alpha value is -3.22. The molecule has 1 fully saturated rings. The highest BCUT2D eigenvalue weighted by molar-refractivity contribution is 6.12. The van der Waals surface area contributed by atoms with Crippen molar-refractivity contribution < 1.29 is 14.4 Å². The highest BCUT2D eigenvalue weighted by Crippen LogP contribution is 2.32. The zero-order valence-electron chi connectivity index (χ0n) is 16.6. The van der Waals surface area contributed by atoms with E-state index in [0.29, 0.717) is 24.2 Å². The van der Waals surface area contributed by atoms with Gasteiger partial charge in [-0.15, -0.1) is 0 Å². The summed E-state index contributed by atoms with van der Waals surface area (Å²) in [6, 6.07) is 10.2. The van der Waals surface area contributed by atoms with Crippen molar-refractivity contribution in [1.29, 1.82) is 0 Å². The van der Waals surface area contributed by atoms with Crippen LogP contribution >= 0.6 is 0 Å². The van der Waals surface area contributed by atoms with Crippen LogP contribution in [0, 0.1) is 6.92 Å². The van der Waals surface area contributed by atoms with Gasteiger partial charge in [-0.05, 0) is 51.0 Å². The molecule has 29 heavy (non-hydrogen) atoms. The molecule has 0 saturated carbocycles. The molecule has 4 rings (SSSR count). The number of aryl methyl sites for hydroxylation is 1. The highest BCUT2D eigenvalue weighted by atomic mass is 16.2. The van der Waals surface area contributed by atoms with Gasteiger partial charge >= 0.3 is 0 Å². The summed E-state index contributed by atoms with van der Waals surface area (Å²) in [5.74, 6) is -0.620. The third-order valence-electron chi connectivity index (χ3n) is 5.55. The summed E-state index contributed by atoms with van der Waals surface area (Å²) >= 11 is 0. The van der Waals surface area contributed by atoms with Crippen molar-refractivity contribution in [3.8, 4) is 0 Å². The van der Waals surface area contributed by atoms with Gasteiger partial charge in [0.2, 0.25) is 11.8 Å². The van der Waals surface area contributed by atoms with Gasteiger partial charge in [0.05, 0.1) is 23.0 Å². The number of anilines is 1. The van der Waals surface area contributed by atoms with E-state index in [4.69, 9.17) is 0 Å². The Morgan fingerprint density at radius 1 is 1.28 bits per heavy atom. The van der Waals surface area contributed by atoms with E-state index in [1.54, 1.807) is 23.2 Å². The molecule has 0 radical (unpaired) electrons. The van der Waals surface area contributed by atoms with E-state index in [1.807, 2.05) is 38.1 Å². The fraction of sp³-hybridized carbons (Fsp3) is 0.364. The second-order valence-electron chi connectivity index (χ2n) is 7.65. The van der Waals surface area contributed by atoms with Crippen LogP contribution in [-0.4, -0.2) is 46.7 Å². The maximum atomic E-state index is 13.3. The number of rotatable bonds is 4. The Morgan fingerprint density at radius 2 is 2.10 bits per heavy atom. The maximum Gasteiger partial charge on any atom is 0.256 e. The van der Waals surface area contributed by atoms with E-state index >= 15 is 0 Å². The van der Waals surface area contributed by atoms with Crippen molar-refractivity contribution in [2.24, 2.45) is 0 Å². The van der Waals surface area contributed by atoms with Crippen LogP contribution in [0.15, 0.2) is 42.6 Å². The first kappa shape index (κ1) is 19.1. The second kappa shape index (κ2) is 7.66. The molecule has 0 bridgehead atoms. The summed E-state index contributed by atoms with van der Waals surface area (Å²) in [7, 11) is 0. The molecule has 0 aliphatic carbocycles. The lowest BCUT2D eigenvalue weighted by Gasteiger charge is -2.26. The van der Waals surface area contributed by atoms with Crippen molar-refractivity contribution >= 4 is 23.4 Å². The minimum Gasteiger partial charge on any atom is -0.346 e. The van der Waals surface area contributed by atoms with E-state index in [0.717, 1.165) is 17.7 Å². The van der Waals surface area contributed by atoms with Gasteiger partial charge in [-0.25, -0.2) is 0 Å². The number of nitrogens with one attached hydrogen (secondary N) is 1. The number of amides is 3. The molecule has 2 aliphatic heterocycles. The Morgan fingerprint density at radius 3 is 2.86 bits per heavy atom. The number of aromatic nitrogens is 1.